The van der Waals surface area contributed by atoms with Crippen LogP contribution in [0, 0.1) is 0 Å². The molecule has 9 nitrogen and oxygen atoms in total. The molecule has 9 heteroatoms. The lowest BCUT2D eigenvalue weighted by atomic mass is 10.1. The van der Waals surface area contributed by atoms with E-state index in [9.17, 15) is 0 Å². The van der Waals surface area contributed by atoms with Crippen molar-refractivity contribution in [2.75, 3.05) is 60.6 Å². The number of methoxy groups -OCH3 is 3. The van der Waals surface area contributed by atoms with Crippen molar-refractivity contribution in [1.82, 2.24) is 24.9 Å². The molecule has 0 radical (unpaired) electrons. The van der Waals surface area contributed by atoms with Gasteiger partial charge in [0.1, 0.15) is 0 Å². The minimum absolute atomic E-state index is 0.625. The summed E-state index contributed by atoms with van der Waals surface area (Å²) in [6.45, 7) is 9.04. The Hall–Kier alpha value is -2.94. The van der Waals surface area contributed by atoms with E-state index in [2.05, 4.69) is 27.1 Å². The molecule has 1 saturated heterocycles. The molecule has 31 heavy (non-hydrogen) atoms. The van der Waals surface area contributed by atoms with Gasteiger partial charge in [-0.2, -0.15) is 5.10 Å². The standard InChI is InChI=1S/C22H34N6O3/c1-5-23-22(24-8-10-28-9-6-7-25-28)27-13-11-26(12-14-27)17-18-15-19(29-2)21(31-4)20(16-18)30-3/h6-7,9,15-16H,5,8,10-14,17H2,1-4H3,(H,23,24). The van der Waals surface area contributed by atoms with Gasteiger partial charge in [0.05, 0.1) is 34.4 Å². The highest BCUT2D eigenvalue weighted by atomic mass is 16.5. The third-order valence-electron chi connectivity index (χ3n) is 5.29. The SMILES string of the molecule is CCNC(=NCCn1cccn1)N1CCN(Cc2cc(OC)c(OC)c(OC)c2)CC1. The number of aromatic nitrogens is 2. The molecule has 1 aromatic carbocycles. The molecule has 0 unspecified atom stereocenters. The van der Waals surface area contributed by atoms with E-state index < -0.39 is 0 Å². The fourth-order valence-corrected chi connectivity index (χ4v) is 3.72. The third-order valence-corrected chi connectivity index (χ3v) is 5.29. The summed E-state index contributed by atoms with van der Waals surface area (Å²) in [6, 6.07) is 5.98. The summed E-state index contributed by atoms with van der Waals surface area (Å²) < 4.78 is 18.3. The lowest BCUT2D eigenvalue weighted by Crippen LogP contribution is -2.52. The number of guanidine groups is 1. The first-order chi connectivity index (χ1) is 15.2. The number of hydrogen-bond donors (Lipinski definition) is 1. The maximum atomic E-state index is 5.49. The van der Waals surface area contributed by atoms with E-state index in [0.29, 0.717) is 23.8 Å². The van der Waals surface area contributed by atoms with Crippen molar-refractivity contribution in [2.45, 2.75) is 20.0 Å². The maximum Gasteiger partial charge on any atom is 0.203 e. The van der Waals surface area contributed by atoms with Gasteiger partial charge in [0.25, 0.3) is 0 Å². The van der Waals surface area contributed by atoms with Crippen LogP contribution in [0.3, 0.4) is 0 Å². The second-order valence-corrected chi connectivity index (χ2v) is 7.30. The quantitative estimate of drug-likeness (QED) is 0.479. The predicted molar refractivity (Wildman–Crippen MR) is 121 cm³/mol. The number of ether oxygens (including phenoxy) is 3. The number of aliphatic imine (C=N–C) groups is 1. The van der Waals surface area contributed by atoms with Gasteiger partial charge < -0.3 is 24.4 Å². The fourth-order valence-electron chi connectivity index (χ4n) is 3.72. The van der Waals surface area contributed by atoms with E-state index in [1.54, 1.807) is 27.5 Å². The van der Waals surface area contributed by atoms with Crippen LogP contribution in [0.4, 0.5) is 0 Å². The first kappa shape index (κ1) is 22.7. The van der Waals surface area contributed by atoms with Crippen LogP contribution in [0.2, 0.25) is 0 Å². The van der Waals surface area contributed by atoms with Crippen molar-refractivity contribution in [1.29, 1.82) is 0 Å². The van der Waals surface area contributed by atoms with Crippen LogP contribution < -0.4 is 19.5 Å². The Morgan fingerprint density at radius 2 is 1.77 bits per heavy atom. The lowest BCUT2D eigenvalue weighted by Gasteiger charge is -2.36. The minimum Gasteiger partial charge on any atom is -0.493 e. The highest BCUT2D eigenvalue weighted by Crippen LogP contribution is 2.38. The predicted octanol–water partition coefficient (Wildman–Crippen LogP) is 1.69. The van der Waals surface area contributed by atoms with E-state index in [-0.39, 0.29) is 0 Å². The first-order valence-corrected chi connectivity index (χ1v) is 10.7. The Bertz CT molecular complexity index is 807. The molecule has 2 heterocycles. The molecule has 2 aromatic rings. The number of piperazine rings is 1. The van der Waals surface area contributed by atoms with Crippen LogP contribution in [0.1, 0.15) is 12.5 Å². The lowest BCUT2D eigenvalue weighted by molar-refractivity contribution is 0.172. The van der Waals surface area contributed by atoms with Gasteiger partial charge in [-0.3, -0.25) is 14.6 Å². The van der Waals surface area contributed by atoms with E-state index >= 15 is 0 Å². The van der Waals surface area contributed by atoms with Crippen LogP contribution in [0.5, 0.6) is 17.2 Å². The van der Waals surface area contributed by atoms with E-state index in [1.807, 2.05) is 29.1 Å². The summed E-state index contributed by atoms with van der Waals surface area (Å²) >= 11 is 0. The highest BCUT2D eigenvalue weighted by Gasteiger charge is 2.21. The van der Waals surface area contributed by atoms with Crippen LogP contribution >= 0.6 is 0 Å². The van der Waals surface area contributed by atoms with Crippen molar-refractivity contribution >= 4 is 5.96 Å². The van der Waals surface area contributed by atoms with Gasteiger partial charge in [-0.15, -0.1) is 0 Å². The average molecular weight is 431 g/mol. The van der Waals surface area contributed by atoms with Crippen LogP contribution in [0.25, 0.3) is 0 Å². The summed E-state index contributed by atoms with van der Waals surface area (Å²) in [4.78, 5) is 9.56. The summed E-state index contributed by atoms with van der Waals surface area (Å²) in [5, 5.41) is 7.66. The molecule has 0 amide bonds. The summed E-state index contributed by atoms with van der Waals surface area (Å²) in [7, 11) is 4.92. The molecular formula is C22H34N6O3. The van der Waals surface area contributed by atoms with Crippen LogP contribution in [-0.2, 0) is 13.1 Å². The summed E-state index contributed by atoms with van der Waals surface area (Å²) in [5.74, 6) is 2.98. The molecular weight excluding hydrogens is 396 g/mol. The van der Waals surface area contributed by atoms with Crippen molar-refractivity contribution in [3.63, 3.8) is 0 Å². The van der Waals surface area contributed by atoms with Gasteiger partial charge in [-0.1, -0.05) is 0 Å². The maximum absolute atomic E-state index is 5.49. The first-order valence-electron chi connectivity index (χ1n) is 10.7. The van der Waals surface area contributed by atoms with E-state index in [4.69, 9.17) is 19.2 Å². The smallest absolute Gasteiger partial charge is 0.203 e. The molecule has 0 spiro atoms. The number of benzene rings is 1. The highest BCUT2D eigenvalue weighted by molar-refractivity contribution is 5.80. The zero-order valence-corrected chi connectivity index (χ0v) is 19.0. The van der Waals surface area contributed by atoms with Crippen molar-refractivity contribution < 1.29 is 14.2 Å². The van der Waals surface area contributed by atoms with Crippen molar-refractivity contribution in [3.05, 3.63) is 36.2 Å². The zero-order valence-electron chi connectivity index (χ0n) is 19.0. The molecule has 0 bridgehead atoms. The average Bonchev–Trinajstić information content (AvgIpc) is 3.32. The Morgan fingerprint density at radius 3 is 2.32 bits per heavy atom. The van der Waals surface area contributed by atoms with Gasteiger partial charge in [0.2, 0.25) is 5.75 Å². The number of nitrogens with one attached hydrogen (secondary N) is 1. The van der Waals surface area contributed by atoms with Crippen LogP contribution in [0.15, 0.2) is 35.6 Å². The van der Waals surface area contributed by atoms with Gasteiger partial charge in [-0.05, 0) is 30.7 Å². The minimum atomic E-state index is 0.625. The Kier molecular flexibility index (Phi) is 8.40. The largest absolute Gasteiger partial charge is 0.493 e. The molecule has 0 aliphatic carbocycles. The van der Waals surface area contributed by atoms with E-state index in [1.165, 1.54) is 0 Å². The van der Waals surface area contributed by atoms with Gasteiger partial charge in [0, 0.05) is 51.7 Å². The molecule has 0 saturated carbocycles. The Labute approximate surface area is 184 Å². The fraction of sp³-hybridized carbons (Fsp3) is 0.545. The normalized spacial score (nSPS) is 15.1. The Balaban J connectivity index is 1.57. The number of nitrogens with zero attached hydrogens (tertiary/aromatic N) is 5. The van der Waals surface area contributed by atoms with Crippen LogP contribution in [-0.4, -0.2) is 86.1 Å². The third kappa shape index (κ3) is 6.04. The summed E-state index contributed by atoms with van der Waals surface area (Å²) in [6.07, 6.45) is 3.76. The topological polar surface area (TPSA) is 76.4 Å². The molecule has 0 atom stereocenters. The second kappa shape index (κ2) is 11.5. The Morgan fingerprint density at radius 1 is 1.06 bits per heavy atom. The molecule has 1 aliphatic heterocycles. The second-order valence-electron chi connectivity index (χ2n) is 7.30. The molecule has 170 valence electrons. The van der Waals surface area contributed by atoms with Crippen molar-refractivity contribution in [3.8, 4) is 17.2 Å². The molecule has 3 rings (SSSR count). The van der Waals surface area contributed by atoms with Gasteiger partial charge >= 0.3 is 0 Å². The number of rotatable bonds is 9. The number of hydrogen-bond acceptors (Lipinski definition) is 6. The molecule has 1 N–H and O–H groups in total. The molecule has 1 aliphatic rings. The van der Waals surface area contributed by atoms with Crippen molar-refractivity contribution in [2.24, 2.45) is 4.99 Å². The summed E-state index contributed by atoms with van der Waals surface area (Å²) in [5.41, 5.74) is 1.14. The molecule has 1 aromatic heterocycles. The monoisotopic (exact) mass is 430 g/mol. The van der Waals surface area contributed by atoms with Gasteiger partial charge in [-0.25, -0.2) is 0 Å². The van der Waals surface area contributed by atoms with Gasteiger partial charge in [0.15, 0.2) is 17.5 Å². The molecule has 1 fully saturated rings. The zero-order chi connectivity index (χ0) is 22.1. The van der Waals surface area contributed by atoms with E-state index in [0.717, 1.165) is 57.3 Å².